The summed E-state index contributed by atoms with van der Waals surface area (Å²) in [5.74, 6) is -0.767. The number of carbonyl (C=O) groups is 2. The van der Waals surface area contributed by atoms with Crippen LogP contribution in [0.15, 0.2) is 42.9 Å². The molecule has 1 saturated heterocycles. The van der Waals surface area contributed by atoms with E-state index in [0.717, 1.165) is 6.20 Å². The molecule has 10 heteroatoms. The van der Waals surface area contributed by atoms with Crippen molar-refractivity contribution in [2.24, 2.45) is 0 Å². The Hall–Kier alpha value is -3.56. The molecule has 0 unspecified atom stereocenters. The number of alkyl halides is 2. The number of benzene rings is 1. The molecule has 2 atom stereocenters. The highest BCUT2D eigenvalue weighted by Gasteiger charge is 2.33. The van der Waals surface area contributed by atoms with Crippen molar-refractivity contribution in [1.82, 2.24) is 19.3 Å². The van der Waals surface area contributed by atoms with Crippen LogP contribution in [0.4, 0.5) is 8.78 Å². The molecule has 1 aliphatic rings. The lowest BCUT2D eigenvalue weighted by molar-refractivity contribution is 0.0369. The van der Waals surface area contributed by atoms with Gasteiger partial charge in [-0.3, -0.25) is 9.20 Å². The summed E-state index contributed by atoms with van der Waals surface area (Å²) in [6, 6.07) is 6.41. The van der Waals surface area contributed by atoms with Gasteiger partial charge in [0, 0.05) is 18.4 Å². The smallest absolute Gasteiger partial charge is 0.338 e. The maximum Gasteiger partial charge on any atom is 0.338 e. The zero-order valence-corrected chi connectivity index (χ0v) is 17.6. The number of ether oxygens (including phenoxy) is 2. The standard InChI is InChI=1S/C22H22F2N4O4/c1-13-7-8-14(32-20-19-26-11-17(18(23)24)27(19)10-9-25-20)12-28(13)21(29)15-5-3-4-6-16(15)22(30)31-2/h3-6,9-11,13-14,18H,7-8,12H2,1-2H3/t13-,14-/m1/s1. The number of carbonyl (C=O) groups excluding carboxylic acids is 2. The van der Waals surface area contributed by atoms with Crippen LogP contribution in [0.5, 0.6) is 5.88 Å². The molecular weight excluding hydrogens is 422 g/mol. The zero-order valence-electron chi connectivity index (χ0n) is 17.6. The van der Waals surface area contributed by atoms with E-state index in [4.69, 9.17) is 9.47 Å². The molecular formula is C22H22F2N4O4. The predicted molar refractivity (Wildman–Crippen MR) is 110 cm³/mol. The zero-order chi connectivity index (χ0) is 22.8. The largest absolute Gasteiger partial charge is 0.470 e. The second kappa shape index (κ2) is 8.89. The Labute approximate surface area is 182 Å². The average Bonchev–Trinajstić information content (AvgIpc) is 3.25. The minimum Gasteiger partial charge on any atom is -0.470 e. The van der Waals surface area contributed by atoms with E-state index in [2.05, 4.69) is 9.97 Å². The van der Waals surface area contributed by atoms with Crippen molar-refractivity contribution in [3.8, 4) is 5.88 Å². The molecule has 32 heavy (non-hydrogen) atoms. The third kappa shape index (κ3) is 4.00. The van der Waals surface area contributed by atoms with Crippen molar-refractivity contribution >= 4 is 17.5 Å². The van der Waals surface area contributed by atoms with E-state index in [1.807, 2.05) is 6.92 Å². The third-order valence-corrected chi connectivity index (χ3v) is 5.59. The summed E-state index contributed by atoms with van der Waals surface area (Å²) in [5, 5.41) is 0. The molecule has 4 rings (SSSR count). The number of nitrogens with zero attached hydrogens (tertiary/aromatic N) is 4. The lowest BCUT2D eigenvalue weighted by Crippen LogP contribution is -2.49. The van der Waals surface area contributed by atoms with Gasteiger partial charge in [0.1, 0.15) is 11.8 Å². The van der Waals surface area contributed by atoms with Gasteiger partial charge in [-0.2, -0.15) is 0 Å². The molecule has 0 spiro atoms. The Kier molecular flexibility index (Phi) is 6.02. The van der Waals surface area contributed by atoms with Gasteiger partial charge in [0.05, 0.1) is 31.0 Å². The van der Waals surface area contributed by atoms with Crippen LogP contribution in [0.1, 0.15) is 52.6 Å². The molecule has 0 radical (unpaired) electrons. The fraction of sp³-hybridized carbons (Fsp3) is 0.364. The van der Waals surface area contributed by atoms with E-state index >= 15 is 0 Å². The first-order valence-corrected chi connectivity index (χ1v) is 10.2. The van der Waals surface area contributed by atoms with Crippen molar-refractivity contribution in [2.45, 2.75) is 38.3 Å². The van der Waals surface area contributed by atoms with E-state index in [-0.39, 0.29) is 46.8 Å². The van der Waals surface area contributed by atoms with Crippen LogP contribution in [-0.4, -0.2) is 56.9 Å². The first kappa shape index (κ1) is 21.7. The van der Waals surface area contributed by atoms with Crippen LogP contribution < -0.4 is 4.74 Å². The molecule has 0 saturated carbocycles. The summed E-state index contributed by atoms with van der Waals surface area (Å²) >= 11 is 0. The van der Waals surface area contributed by atoms with Crippen molar-refractivity contribution in [1.29, 1.82) is 0 Å². The average molecular weight is 444 g/mol. The Balaban J connectivity index is 1.57. The van der Waals surface area contributed by atoms with Crippen molar-refractivity contribution in [3.05, 3.63) is 59.7 Å². The Morgan fingerprint density at radius 3 is 2.62 bits per heavy atom. The quantitative estimate of drug-likeness (QED) is 0.560. The van der Waals surface area contributed by atoms with Gasteiger partial charge in [0.2, 0.25) is 5.65 Å². The number of halogens is 2. The van der Waals surface area contributed by atoms with E-state index in [0.29, 0.717) is 12.8 Å². The maximum absolute atomic E-state index is 13.3. The topological polar surface area (TPSA) is 86.0 Å². The summed E-state index contributed by atoms with van der Waals surface area (Å²) in [6.45, 7) is 2.18. The van der Waals surface area contributed by atoms with Crippen LogP contribution >= 0.6 is 0 Å². The Bertz CT molecular complexity index is 1150. The highest BCUT2D eigenvalue weighted by Crippen LogP contribution is 2.27. The van der Waals surface area contributed by atoms with Gasteiger partial charge < -0.3 is 14.4 Å². The molecule has 1 fully saturated rings. The number of piperidine rings is 1. The van der Waals surface area contributed by atoms with Crippen LogP contribution in [0, 0.1) is 0 Å². The lowest BCUT2D eigenvalue weighted by Gasteiger charge is -2.38. The fourth-order valence-electron chi connectivity index (χ4n) is 3.88. The monoisotopic (exact) mass is 444 g/mol. The van der Waals surface area contributed by atoms with Crippen LogP contribution in [0.3, 0.4) is 0 Å². The predicted octanol–water partition coefficient (Wildman–Crippen LogP) is 3.53. The summed E-state index contributed by atoms with van der Waals surface area (Å²) in [4.78, 5) is 35.2. The molecule has 168 valence electrons. The first-order valence-electron chi connectivity index (χ1n) is 10.2. The summed E-state index contributed by atoms with van der Waals surface area (Å²) in [5.41, 5.74) is 0.386. The number of rotatable bonds is 5. The Morgan fingerprint density at radius 2 is 1.91 bits per heavy atom. The van der Waals surface area contributed by atoms with Gasteiger partial charge in [-0.15, -0.1) is 0 Å². The molecule has 1 aromatic carbocycles. The lowest BCUT2D eigenvalue weighted by atomic mass is 9.98. The molecule has 3 aromatic rings. The number of hydrogen-bond donors (Lipinski definition) is 0. The second-order valence-corrected chi connectivity index (χ2v) is 7.57. The van der Waals surface area contributed by atoms with Crippen LogP contribution in [-0.2, 0) is 4.74 Å². The summed E-state index contributed by atoms with van der Waals surface area (Å²) in [7, 11) is 1.26. The summed E-state index contributed by atoms with van der Waals surface area (Å²) < 4.78 is 38.4. The molecule has 0 aliphatic carbocycles. The highest BCUT2D eigenvalue weighted by atomic mass is 19.3. The van der Waals surface area contributed by atoms with Gasteiger partial charge in [0.15, 0.2) is 0 Å². The minimum atomic E-state index is -2.68. The number of imidazole rings is 1. The molecule has 0 N–H and O–H groups in total. The maximum atomic E-state index is 13.3. The first-order chi connectivity index (χ1) is 15.4. The highest BCUT2D eigenvalue weighted by molar-refractivity contribution is 6.05. The van der Waals surface area contributed by atoms with E-state index in [1.165, 1.54) is 23.9 Å². The Morgan fingerprint density at radius 1 is 1.16 bits per heavy atom. The molecule has 0 bridgehead atoms. The van der Waals surface area contributed by atoms with Crippen molar-refractivity contribution in [3.63, 3.8) is 0 Å². The number of esters is 1. The molecule has 1 amide bonds. The molecule has 8 nitrogen and oxygen atoms in total. The molecule has 1 aliphatic heterocycles. The number of likely N-dealkylation sites (tertiary alicyclic amines) is 1. The van der Waals surface area contributed by atoms with E-state index in [9.17, 15) is 18.4 Å². The SMILES string of the molecule is COC(=O)c1ccccc1C(=O)N1C[C@H](Oc2nccn3c(C(F)F)cnc23)CC[C@H]1C. The molecule has 3 heterocycles. The van der Waals surface area contributed by atoms with Crippen molar-refractivity contribution < 1.29 is 27.8 Å². The van der Waals surface area contributed by atoms with Gasteiger partial charge in [-0.25, -0.2) is 23.5 Å². The second-order valence-electron chi connectivity index (χ2n) is 7.57. The van der Waals surface area contributed by atoms with Gasteiger partial charge >= 0.3 is 5.97 Å². The summed E-state index contributed by atoms with van der Waals surface area (Å²) in [6.07, 6.45) is 2.09. The van der Waals surface area contributed by atoms with Gasteiger partial charge in [-0.05, 0) is 31.9 Å². The fourth-order valence-corrected chi connectivity index (χ4v) is 3.88. The van der Waals surface area contributed by atoms with Gasteiger partial charge in [-0.1, -0.05) is 12.1 Å². The van der Waals surface area contributed by atoms with Crippen molar-refractivity contribution in [2.75, 3.05) is 13.7 Å². The van der Waals surface area contributed by atoms with E-state index < -0.39 is 18.5 Å². The number of fused-ring (bicyclic) bond motifs is 1. The van der Waals surface area contributed by atoms with Crippen LogP contribution in [0.25, 0.3) is 5.65 Å². The normalized spacial score (nSPS) is 18.7. The van der Waals surface area contributed by atoms with Crippen LogP contribution in [0.2, 0.25) is 0 Å². The number of amides is 1. The molecule has 2 aromatic heterocycles. The third-order valence-electron chi connectivity index (χ3n) is 5.59. The minimum absolute atomic E-state index is 0.0753. The number of methoxy groups -OCH3 is 1. The number of hydrogen-bond acceptors (Lipinski definition) is 6. The van der Waals surface area contributed by atoms with Gasteiger partial charge in [0.25, 0.3) is 18.2 Å². The number of aromatic nitrogens is 3. The van der Waals surface area contributed by atoms with E-state index in [1.54, 1.807) is 29.2 Å².